The van der Waals surface area contributed by atoms with E-state index in [4.69, 9.17) is 0 Å². The number of nitrogens with one attached hydrogen (secondary N) is 1. The maximum Gasteiger partial charge on any atom is 0.253 e. The van der Waals surface area contributed by atoms with Crippen LogP contribution >= 0.6 is 0 Å². The van der Waals surface area contributed by atoms with Gasteiger partial charge in [0.05, 0.1) is 5.92 Å². The van der Waals surface area contributed by atoms with Gasteiger partial charge in [0, 0.05) is 43.9 Å². The highest BCUT2D eigenvalue weighted by Gasteiger charge is 2.34. The number of benzene rings is 2. The van der Waals surface area contributed by atoms with Crippen molar-refractivity contribution in [2.24, 2.45) is 5.92 Å². The maximum atomic E-state index is 12.6. The number of nitrogens with zero attached hydrogens (tertiary/aromatic N) is 2. The summed E-state index contributed by atoms with van der Waals surface area (Å²) in [7, 11) is 0. The number of likely N-dealkylation sites (tertiary alicyclic amines) is 2. The molecule has 1 unspecified atom stereocenters. The van der Waals surface area contributed by atoms with Crippen LogP contribution in [0.25, 0.3) is 0 Å². The summed E-state index contributed by atoms with van der Waals surface area (Å²) in [6.07, 6.45) is 3.14. The van der Waals surface area contributed by atoms with E-state index in [0.717, 1.165) is 32.4 Å². The van der Waals surface area contributed by atoms with Crippen molar-refractivity contribution in [1.82, 2.24) is 9.80 Å². The van der Waals surface area contributed by atoms with E-state index in [1.54, 1.807) is 29.2 Å². The summed E-state index contributed by atoms with van der Waals surface area (Å²) < 4.78 is 0. The maximum absolute atomic E-state index is 12.6. The molecule has 6 nitrogen and oxygen atoms in total. The van der Waals surface area contributed by atoms with Crippen LogP contribution in [0.2, 0.25) is 0 Å². The van der Waals surface area contributed by atoms with Crippen LogP contribution in [0.4, 0.5) is 5.69 Å². The zero-order valence-electron chi connectivity index (χ0n) is 17.0. The van der Waals surface area contributed by atoms with Gasteiger partial charge in [-0.05, 0) is 49.1 Å². The van der Waals surface area contributed by atoms with Gasteiger partial charge in [-0.15, -0.1) is 0 Å². The van der Waals surface area contributed by atoms with Gasteiger partial charge in [0.15, 0.2) is 0 Å². The van der Waals surface area contributed by atoms with E-state index >= 15 is 0 Å². The number of carbonyl (C=O) groups excluding carboxylic acids is 3. The molecule has 156 valence electrons. The van der Waals surface area contributed by atoms with Crippen molar-refractivity contribution in [3.05, 3.63) is 65.7 Å². The standard InChI is InChI=1S/C24H27N3O3/c28-22-16-20(17-27(22)15-12-18-6-2-1-3-7-18)23(29)25-21-10-8-19(9-11-21)24(30)26-13-4-5-14-26/h1-3,6-11,20H,4-5,12-17H2,(H,25,29). The van der Waals surface area contributed by atoms with Crippen molar-refractivity contribution in [3.8, 4) is 0 Å². The third-order valence-corrected chi connectivity index (χ3v) is 5.89. The van der Waals surface area contributed by atoms with Gasteiger partial charge in [0.2, 0.25) is 11.8 Å². The van der Waals surface area contributed by atoms with E-state index < -0.39 is 0 Å². The molecule has 6 heteroatoms. The van der Waals surface area contributed by atoms with Gasteiger partial charge in [-0.2, -0.15) is 0 Å². The Balaban J connectivity index is 1.29. The molecule has 2 aliphatic heterocycles. The van der Waals surface area contributed by atoms with E-state index in [1.807, 2.05) is 35.2 Å². The largest absolute Gasteiger partial charge is 0.342 e. The van der Waals surface area contributed by atoms with E-state index in [2.05, 4.69) is 5.32 Å². The zero-order chi connectivity index (χ0) is 20.9. The Morgan fingerprint density at radius 1 is 0.967 bits per heavy atom. The molecule has 0 aromatic heterocycles. The lowest BCUT2D eigenvalue weighted by molar-refractivity contribution is -0.128. The Morgan fingerprint density at radius 2 is 1.67 bits per heavy atom. The van der Waals surface area contributed by atoms with Crippen LogP contribution in [-0.2, 0) is 16.0 Å². The summed E-state index contributed by atoms with van der Waals surface area (Å²) in [6, 6.07) is 17.1. The molecule has 2 heterocycles. The SMILES string of the molecule is O=C(Nc1ccc(C(=O)N2CCCC2)cc1)C1CC(=O)N(CCc2ccccc2)C1. The molecule has 2 aliphatic rings. The van der Waals surface area contributed by atoms with Crippen LogP contribution in [0, 0.1) is 5.92 Å². The van der Waals surface area contributed by atoms with Crippen LogP contribution in [0.1, 0.15) is 35.2 Å². The van der Waals surface area contributed by atoms with Gasteiger partial charge in [0.1, 0.15) is 0 Å². The molecule has 2 aromatic rings. The molecule has 1 N–H and O–H groups in total. The molecule has 0 radical (unpaired) electrons. The summed E-state index contributed by atoms with van der Waals surface area (Å²) in [6.45, 7) is 2.70. The summed E-state index contributed by atoms with van der Waals surface area (Å²) >= 11 is 0. The van der Waals surface area contributed by atoms with Crippen molar-refractivity contribution < 1.29 is 14.4 Å². The Hall–Kier alpha value is -3.15. The average Bonchev–Trinajstić information content (AvgIpc) is 3.43. The van der Waals surface area contributed by atoms with Crippen LogP contribution in [-0.4, -0.2) is 53.7 Å². The quantitative estimate of drug-likeness (QED) is 0.803. The predicted octanol–water partition coefficient (Wildman–Crippen LogP) is 2.95. The molecule has 2 fully saturated rings. The van der Waals surface area contributed by atoms with Crippen molar-refractivity contribution in [2.75, 3.05) is 31.5 Å². The molecule has 2 aromatic carbocycles. The first-order valence-corrected chi connectivity index (χ1v) is 10.6. The summed E-state index contributed by atoms with van der Waals surface area (Å²) in [5, 5.41) is 2.89. The normalized spacial score (nSPS) is 18.7. The van der Waals surface area contributed by atoms with Crippen LogP contribution in [0.3, 0.4) is 0 Å². The number of carbonyl (C=O) groups is 3. The highest BCUT2D eigenvalue weighted by molar-refractivity contribution is 5.98. The second-order valence-electron chi connectivity index (χ2n) is 8.04. The predicted molar refractivity (Wildman–Crippen MR) is 115 cm³/mol. The highest BCUT2D eigenvalue weighted by Crippen LogP contribution is 2.21. The van der Waals surface area contributed by atoms with Crippen LogP contribution in [0.5, 0.6) is 0 Å². The van der Waals surface area contributed by atoms with Gasteiger partial charge in [-0.1, -0.05) is 30.3 Å². The highest BCUT2D eigenvalue weighted by atomic mass is 16.2. The summed E-state index contributed by atoms with van der Waals surface area (Å²) in [4.78, 5) is 41.0. The molecule has 4 rings (SSSR count). The minimum atomic E-state index is -0.348. The average molecular weight is 405 g/mol. The number of hydrogen-bond donors (Lipinski definition) is 1. The molecular weight excluding hydrogens is 378 g/mol. The molecule has 0 bridgehead atoms. The Kier molecular flexibility index (Phi) is 6.12. The first-order valence-electron chi connectivity index (χ1n) is 10.6. The summed E-state index contributed by atoms with van der Waals surface area (Å²) in [5.41, 5.74) is 2.47. The molecule has 0 spiro atoms. The Bertz CT molecular complexity index is 905. The van der Waals surface area contributed by atoms with Gasteiger partial charge < -0.3 is 15.1 Å². The fraction of sp³-hybridized carbons (Fsp3) is 0.375. The fourth-order valence-corrected chi connectivity index (χ4v) is 4.12. The molecular formula is C24H27N3O3. The van der Waals surface area contributed by atoms with Gasteiger partial charge >= 0.3 is 0 Å². The van der Waals surface area contributed by atoms with E-state index in [1.165, 1.54) is 5.56 Å². The van der Waals surface area contributed by atoms with Crippen molar-refractivity contribution in [2.45, 2.75) is 25.7 Å². The molecule has 0 aliphatic carbocycles. The first-order chi connectivity index (χ1) is 14.6. The number of rotatable bonds is 6. The molecule has 2 saturated heterocycles. The lowest BCUT2D eigenvalue weighted by atomic mass is 10.1. The van der Waals surface area contributed by atoms with E-state index in [9.17, 15) is 14.4 Å². The third kappa shape index (κ3) is 4.70. The summed E-state index contributed by atoms with van der Waals surface area (Å²) in [5.74, 6) is -0.429. The van der Waals surface area contributed by atoms with Crippen molar-refractivity contribution in [3.63, 3.8) is 0 Å². The molecule has 1 atom stereocenters. The van der Waals surface area contributed by atoms with Gasteiger partial charge in [-0.3, -0.25) is 14.4 Å². The minimum absolute atomic E-state index is 0.0256. The van der Waals surface area contributed by atoms with Crippen molar-refractivity contribution in [1.29, 1.82) is 0 Å². The first kappa shape index (κ1) is 20.1. The van der Waals surface area contributed by atoms with E-state index in [-0.39, 0.29) is 30.1 Å². The molecule has 30 heavy (non-hydrogen) atoms. The minimum Gasteiger partial charge on any atom is -0.342 e. The third-order valence-electron chi connectivity index (χ3n) is 5.89. The molecule has 0 saturated carbocycles. The Labute approximate surface area is 176 Å². The van der Waals surface area contributed by atoms with E-state index in [0.29, 0.717) is 24.3 Å². The van der Waals surface area contributed by atoms with Crippen LogP contribution in [0.15, 0.2) is 54.6 Å². The number of anilines is 1. The topological polar surface area (TPSA) is 69.7 Å². The second-order valence-corrected chi connectivity index (χ2v) is 8.04. The smallest absolute Gasteiger partial charge is 0.253 e. The zero-order valence-corrected chi connectivity index (χ0v) is 17.0. The lowest BCUT2D eigenvalue weighted by Gasteiger charge is -2.17. The van der Waals surface area contributed by atoms with Gasteiger partial charge in [-0.25, -0.2) is 0 Å². The molecule has 3 amide bonds. The Morgan fingerprint density at radius 3 is 2.37 bits per heavy atom. The van der Waals surface area contributed by atoms with Gasteiger partial charge in [0.25, 0.3) is 5.91 Å². The number of hydrogen-bond acceptors (Lipinski definition) is 3. The monoisotopic (exact) mass is 405 g/mol. The number of amides is 3. The van der Waals surface area contributed by atoms with Crippen molar-refractivity contribution >= 4 is 23.4 Å². The lowest BCUT2D eigenvalue weighted by Crippen LogP contribution is -2.30. The fourth-order valence-electron chi connectivity index (χ4n) is 4.12. The second kappa shape index (κ2) is 9.11. The van der Waals surface area contributed by atoms with Crippen LogP contribution < -0.4 is 5.32 Å².